The maximum absolute atomic E-state index is 3.56. The van der Waals surface area contributed by atoms with Gasteiger partial charge in [-0.25, -0.2) is 0 Å². The van der Waals surface area contributed by atoms with Crippen molar-refractivity contribution in [1.29, 1.82) is 0 Å². The predicted molar refractivity (Wildman–Crippen MR) is 96.6 cm³/mol. The molecule has 1 aliphatic heterocycles. The van der Waals surface area contributed by atoms with Crippen LogP contribution in [0, 0.1) is 0 Å². The highest BCUT2D eigenvalue weighted by molar-refractivity contribution is 5.32. The summed E-state index contributed by atoms with van der Waals surface area (Å²) in [7, 11) is 2.03. The zero-order valence-electron chi connectivity index (χ0n) is 13.9. The molecule has 1 atom stereocenters. The molecule has 3 nitrogen and oxygen atoms in total. The van der Waals surface area contributed by atoms with E-state index in [0.29, 0.717) is 12.1 Å². The van der Waals surface area contributed by atoms with Gasteiger partial charge in [0, 0.05) is 25.7 Å². The zero-order valence-corrected chi connectivity index (χ0v) is 13.9. The van der Waals surface area contributed by atoms with Gasteiger partial charge in [-0.2, -0.15) is 0 Å². The molecule has 0 amide bonds. The summed E-state index contributed by atoms with van der Waals surface area (Å²) in [5.74, 6) is 0. The van der Waals surface area contributed by atoms with E-state index in [1.165, 1.54) is 17.5 Å². The third-order valence-corrected chi connectivity index (χ3v) is 4.69. The highest BCUT2D eigenvalue weighted by Crippen LogP contribution is 2.31. The van der Waals surface area contributed by atoms with Crippen LogP contribution >= 0.6 is 0 Å². The molecular formula is C20H27N3. The van der Waals surface area contributed by atoms with E-state index in [1.54, 1.807) is 0 Å². The van der Waals surface area contributed by atoms with Crippen molar-refractivity contribution in [2.75, 3.05) is 33.2 Å². The molecular weight excluding hydrogens is 282 g/mol. The number of nitrogens with zero attached hydrogens (tertiary/aromatic N) is 1. The van der Waals surface area contributed by atoms with Crippen LogP contribution in [-0.2, 0) is 0 Å². The van der Waals surface area contributed by atoms with E-state index in [-0.39, 0.29) is 0 Å². The van der Waals surface area contributed by atoms with Gasteiger partial charge in [-0.3, -0.25) is 4.90 Å². The van der Waals surface area contributed by atoms with Gasteiger partial charge in [-0.1, -0.05) is 60.7 Å². The van der Waals surface area contributed by atoms with E-state index < -0.39 is 0 Å². The lowest BCUT2D eigenvalue weighted by Gasteiger charge is -2.42. The van der Waals surface area contributed by atoms with Gasteiger partial charge < -0.3 is 10.6 Å². The van der Waals surface area contributed by atoms with Gasteiger partial charge in [0.25, 0.3) is 0 Å². The number of nitrogens with one attached hydrogen (secondary N) is 2. The molecule has 1 unspecified atom stereocenters. The smallest absolute Gasteiger partial charge is 0.0605 e. The first kappa shape index (κ1) is 16.2. The molecule has 23 heavy (non-hydrogen) atoms. The molecule has 0 aliphatic carbocycles. The van der Waals surface area contributed by atoms with E-state index in [4.69, 9.17) is 0 Å². The Labute approximate surface area is 139 Å². The highest BCUT2D eigenvalue weighted by atomic mass is 15.2. The molecule has 0 aromatic heterocycles. The summed E-state index contributed by atoms with van der Waals surface area (Å²) in [6, 6.07) is 22.7. The summed E-state index contributed by atoms with van der Waals surface area (Å²) in [4.78, 5) is 2.68. The Morgan fingerprint density at radius 3 is 2.22 bits per heavy atom. The molecule has 0 radical (unpaired) electrons. The van der Waals surface area contributed by atoms with Gasteiger partial charge >= 0.3 is 0 Å². The van der Waals surface area contributed by atoms with Crippen LogP contribution in [0.5, 0.6) is 0 Å². The predicted octanol–water partition coefficient (Wildman–Crippen LogP) is 2.66. The molecule has 1 heterocycles. The molecule has 3 heteroatoms. The van der Waals surface area contributed by atoms with Crippen LogP contribution in [0.1, 0.15) is 23.6 Å². The van der Waals surface area contributed by atoms with Crippen molar-refractivity contribution in [3.63, 3.8) is 0 Å². The third-order valence-electron chi connectivity index (χ3n) is 4.69. The van der Waals surface area contributed by atoms with Crippen LogP contribution in [0.3, 0.4) is 0 Å². The van der Waals surface area contributed by atoms with Crippen LogP contribution in [0.25, 0.3) is 0 Å². The summed E-state index contributed by atoms with van der Waals surface area (Å²) in [5, 5.41) is 6.86. The number of hydrogen-bond donors (Lipinski definition) is 2. The van der Waals surface area contributed by atoms with Crippen molar-refractivity contribution in [1.82, 2.24) is 15.5 Å². The van der Waals surface area contributed by atoms with Crippen LogP contribution in [0.4, 0.5) is 0 Å². The minimum Gasteiger partial charge on any atom is -0.320 e. The third kappa shape index (κ3) is 3.99. The highest BCUT2D eigenvalue weighted by Gasteiger charge is 2.30. The van der Waals surface area contributed by atoms with Crippen molar-refractivity contribution in [3.05, 3.63) is 71.8 Å². The van der Waals surface area contributed by atoms with Crippen molar-refractivity contribution in [2.24, 2.45) is 0 Å². The molecule has 0 bridgehead atoms. The van der Waals surface area contributed by atoms with Gasteiger partial charge in [0.1, 0.15) is 0 Å². The van der Waals surface area contributed by atoms with Crippen LogP contribution in [-0.4, -0.2) is 44.2 Å². The average Bonchev–Trinajstić information content (AvgIpc) is 2.63. The monoisotopic (exact) mass is 309 g/mol. The Morgan fingerprint density at radius 2 is 1.65 bits per heavy atom. The van der Waals surface area contributed by atoms with Crippen molar-refractivity contribution in [3.8, 4) is 0 Å². The Balaban J connectivity index is 1.93. The molecule has 3 rings (SSSR count). The fourth-order valence-electron chi connectivity index (χ4n) is 3.54. The summed E-state index contributed by atoms with van der Waals surface area (Å²) in [6.45, 7) is 4.27. The fraction of sp³-hybridized carbons (Fsp3) is 0.400. The normalized spacial score (nSPS) is 19.1. The summed E-state index contributed by atoms with van der Waals surface area (Å²) < 4.78 is 0. The Morgan fingerprint density at radius 1 is 1.04 bits per heavy atom. The summed E-state index contributed by atoms with van der Waals surface area (Å²) >= 11 is 0. The fourth-order valence-corrected chi connectivity index (χ4v) is 3.54. The molecule has 2 N–H and O–H groups in total. The molecule has 1 saturated heterocycles. The molecule has 2 aromatic rings. The SMILES string of the molecule is CNCCC1CNCCN1C(c1ccccc1)c1ccccc1. The Kier molecular flexibility index (Phi) is 5.81. The average molecular weight is 309 g/mol. The number of piperazine rings is 1. The zero-order chi connectivity index (χ0) is 15.9. The van der Waals surface area contributed by atoms with Crippen molar-refractivity contribution in [2.45, 2.75) is 18.5 Å². The van der Waals surface area contributed by atoms with E-state index in [9.17, 15) is 0 Å². The second-order valence-electron chi connectivity index (χ2n) is 6.21. The number of rotatable bonds is 6. The second kappa shape index (κ2) is 8.25. The van der Waals surface area contributed by atoms with E-state index in [1.807, 2.05) is 7.05 Å². The molecule has 1 fully saturated rings. The van der Waals surface area contributed by atoms with Crippen LogP contribution in [0.2, 0.25) is 0 Å². The molecule has 2 aromatic carbocycles. The molecule has 122 valence electrons. The van der Waals surface area contributed by atoms with E-state index >= 15 is 0 Å². The van der Waals surface area contributed by atoms with E-state index in [2.05, 4.69) is 76.2 Å². The first-order valence-electron chi connectivity index (χ1n) is 8.61. The minimum atomic E-state index is 0.335. The van der Waals surface area contributed by atoms with Gasteiger partial charge in [0.05, 0.1) is 6.04 Å². The van der Waals surface area contributed by atoms with Gasteiger partial charge in [-0.05, 0) is 31.1 Å². The largest absolute Gasteiger partial charge is 0.320 e. The number of hydrogen-bond acceptors (Lipinski definition) is 3. The maximum Gasteiger partial charge on any atom is 0.0605 e. The van der Waals surface area contributed by atoms with Crippen molar-refractivity contribution < 1.29 is 0 Å². The van der Waals surface area contributed by atoms with Gasteiger partial charge in [0.15, 0.2) is 0 Å². The quantitative estimate of drug-likeness (QED) is 0.859. The number of benzene rings is 2. The lowest BCUT2D eigenvalue weighted by atomic mass is 9.94. The molecule has 1 aliphatic rings. The van der Waals surface area contributed by atoms with E-state index in [0.717, 1.165) is 26.2 Å². The Hall–Kier alpha value is -1.68. The van der Waals surface area contributed by atoms with Gasteiger partial charge in [0.2, 0.25) is 0 Å². The topological polar surface area (TPSA) is 27.3 Å². The lowest BCUT2D eigenvalue weighted by Crippen LogP contribution is -2.53. The summed E-state index contributed by atoms with van der Waals surface area (Å²) in [6.07, 6.45) is 1.17. The second-order valence-corrected chi connectivity index (χ2v) is 6.21. The molecule has 0 spiro atoms. The summed E-state index contributed by atoms with van der Waals surface area (Å²) in [5.41, 5.74) is 2.77. The first-order valence-corrected chi connectivity index (χ1v) is 8.61. The Bertz CT molecular complexity index is 530. The van der Waals surface area contributed by atoms with Gasteiger partial charge in [-0.15, -0.1) is 0 Å². The van der Waals surface area contributed by atoms with Crippen LogP contribution in [0.15, 0.2) is 60.7 Å². The maximum atomic E-state index is 3.56. The minimum absolute atomic E-state index is 0.335. The molecule has 0 saturated carbocycles. The van der Waals surface area contributed by atoms with Crippen LogP contribution < -0.4 is 10.6 Å². The lowest BCUT2D eigenvalue weighted by molar-refractivity contribution is 0.119. The standard InChI is InChI=1S/C20H27N3/c1-21-13-12-19-16-22-14-15-23(19)20(17-8-4-2-5-9-17)18-10-6-3-7-11-18/h2-11,19-22H,12-16H2,1H3. The first-order chi connectivity index (χ1) is 11.4. The van der Waals surface area contributed by atoms with Crippen molar-refractivity contribution >= 4 is 0 Å².